The van der Waals surface area contributed by atoms with Crippen LogP contribution in [0.5, 0.6) is 0 Å². The number of fused-ring (bicyclic) bond motifs is 3. The third-order valence-corrected chi connectivity index (χ3v) is 6.77. The van der Waals surface area contributed by atoms with Crippen molar-refractivity contribution in [2.45, 2.75) is 30.1 Å². The van der Waals surface area contributed by atoms with Crippen molar-refractivity contribution in [3.8, 4) is 0 Å². The fraction of sp³-hybridized carbons (Fsp3) is 0.389. The summed E-state index contributed by atoms with van der Waals surface area (Å²) in [5, 5.41) is 2.91. The number of hydrogen-bond acceptors (Lipinski definition) is 7. The van der Waals surface area contributed by atoms with E-state index < -0.39 is 0 Å². The van der Waals surface area contributed by atoms with E-state index in [0.29, 0.717) is 19.7 Å². The lowest BCUT2D eigenvalue weighted by molar-refractivity contribution is 0.103. The highest BCUT2D eigenvalue weighted by Crippen LogP contribution is 2.40. The van der Waals surface area contributed by atoms with E-state index in [9.17, 15) is 4.79 Å². The molecule has 0 saturated heterocycles. The zero-order valence-corrected chi connectivity index (χ0v) is 17.1. The molecule has 2 aromatic rings. The molecule has 0 radical (unpaired) electrons. The smallest absolute Gasteiger partial charge is 0.410 e. The van der Waals surface area contributed by atoms with Gasteiger partial charge in [-0.05, 0) is 18.9 Å². The summed E-state index contributed by atoms with van der Waals surface area (Å²) in [6.45, 7) is 11.0. The van der Waals surface area contributed by atoms with Crippen LogP contribution in [0.25, 0.3) is 10.2 Å². The summed E-state index contributed by atoms with van der Waals surface area (Å²) < 4.78 is 5.15. The van der Waals surface area contributed by atoms with Crippen molar-refractivity contribution in [2.75, 3.05) is 24.7 Å². The Kier molecular flexibility index (Phi) is 6.61. The van der Waals surface area contributed by atoms with Crippen LogP contribution in [0.3, 0.4) is 0 Å². The number of ether oxygens (including phenoxy) is 1. The average Bonchev–Trinajstić information content (AvgIpc) is 3.02. The second kappa shape index (κ2) is 8.92. The minimum Gasteiger partial charge on any atom is -0.450 e. The van der Waals surface area contributed by atoms with Crippen LogP contribution in [-0.4, -0.2) is 45.6 Å². The SMILES string of the molecule is C=CCSc1nc(SCC=C)c2c3c(sc2n1)CN(C(=O)OCC)CC3. The fourth-order valence-electron chi connectivity index (χ4n) is 2.75. The van der Waals surface area contributed by atoms with E-state index in [1.54, 1.807) is 39.8 Å². The predicted octanol–water partition coefficient (Wildman–Crippen LogP) is 4.76. The van der Waals surface area contributed by atoms with Gasteiger partial charge in [-0.15, -0.1) is 36.3 Å². The lowest BCUT2D eigenvalue weighted by Gasteiger charge is -2.26. The molecule has 0 aliphatic carbocycles. The van der Waals surface area contributed by atoms with Crippen molar-refractivity contribution in [1.82, 2.24) is 14.9 Å². The van der Waals surface area contributed by atoms with Gasteiger partial charge in [-0.3, -0.25) is 0 Å². The van der Waals surface area contributed by atoms with Crippen molar-refractivity contribution in [2.24, 2.45) is 0 Å². The zero-order valence-electron chi connectivity index (χ0n) is 14.7. The molecule has 26 heavy (non-hydrogen) atoms. The molecule has 1 aliphatic rings. The zero-order chi connectivity index (χ0) is 18.5. The Hall–Kier alpha value is -1.51. The van der Waals surface area contributed by atoms with Gasteiger partial charge in [-0.25, -0.2) is 14.8 Å². The topological polar surface area (TPSA) is 55.3 Å². The van der Waals surface area contributed by atoms with Gasteiger partial charge in [0.05, 0.1) is 13.2 Å². The highest BCUT2D eigenvalue weighted by Gasteiger charge is 2.27. The van der Waals surface area contributed by atoms with Crippen LogP contribution in [0.1, 0.15) is 17.4 Å². The largest absolute Gasteiger partial charge is 0.450 e. The summed E-state index contributed by atoms with van der Waals surface area (Å²) in [6, 6.07) is 0. The Morgan fingerprint density at radius 3 is 2.81 bits per heavy atom. The summed E-state index contributed by atoms with van der Waals surface area (Å²) in [7, 11) is 0. The van der Waals surface area contributed by atoms with E-state index in [4.69, 9.17) is 14.7 Å². The van der Waals surface area contributed by atoms with Gasteiger partial charge >= 0.3 is 6.09 Å². The molecule has 0 fully saturated rings. The first kappa shape index (κ1) is 19.3. The molecule has 1 aliphatic heterocycles. The number of carbonyl (C=O) groups is 1. The number of carbonyl (C=O) groups excluding carboxylic acids is 1. The number of nitrogens with zero attached hydrogens (tertiary/aromatic N) is 3. The number of thiophene rings is 1. The first-order valence-electron chi connectivity index (χ1n) is 8.39. The fourth-order valence-corrected chi connectivity index (χ4v) is 5.54. The van der Waals surface area contributed by atoms with E-state index in [-0.39, 0.29) is 6.09 Å². The van der Waals surface area contributed by atoms with Gasteiger partial charge in [0.2, 0.25) is 0 Å². The standard InChI is InChI=1S/C18H21N3O2S3/c1-4-9-24-15-14-12-7-8-21(18(22)23-6-3)11-13(12)26-16(14)20-17(19-15)25-10-5-2/h4-5H,1-2,6-11H2,3H3. The van der Waals surface area contributed by atoms with E-state index >= 15 is 0 Å². The lowest BCUT2D eigenvalue weighted by atomic mass is 10.1. The maximum atomic E-state index is 12.1. The Bertz CT molecular complexity index is 835. The minimum atomic E-state index is -0.245. The van der Waals surface area contributed by atoms with Crippen LogP contribution in [0.15, 0.2) is 35.5 Å². The van der Waals surface area contributed by atoms with Crippen molar-refractivity contribution in [1.29, 1.82) is 0 Å². The van der Waals surface area contributed by atoms with Gasteiger partial charge in [0.15, 0.2) is 5.16 Å². The van der Waals surface area contributed by atoms with Crippen LogP contribution >= 0.6 is 34.9 Å². The molecule has 0 atom stereocenters. The molecule has 138 valence electrons. The van der Waals surface area contributed by atoms with Crippen LogP contribution < -0.4 is 0 Å². The quantitative estimate of drug-likeness (QED) is 0.285. The molecule has 3 heterocycles. The molecule has 5 nitrogen and oxygen atoms in total. The van der Waals surface area contributed by atoms with E-state index in [0.717, 1.165) is 38.3 Å². The number of thioether (sulfide) groups is 2. The van der Waals surface area contributed by atoms with Gasteiger partial charge in [0.1, 0.15) is 9.86 Å². The molecule has 0 saturated carbocycles. The second-order valence-electron chi connectivity index (χ2n) is 5.57. The highest BCUT2D eigenvalue weighted by atomic mass is 32.2. The van der Waals surface area contributed by atoms with Crippen molar-refractivity contribution in [3.05, 3.63) is 35.8 Å². The molecule has 1 amide bonds. The first-order valence-corrected chi connectivity index (χ1v) is 11.2. The lowest BCUT2D eigenvalue weighted by Crippen LogP contribution is -2.35. The normalized spacial score (nSPS) is 13.5. The van der Waals surface area contributed by atoms with Gasteiger partial charge < -0.3 is 9.64 Å². The second-order valence-corrected chi connectivity index (χ2v) is 8.64. The molecule has 0 unspecified atom stereocenters. The number of aromatic nitrogens is 2. The monoisotopic (exact) mass is 407 g/mol. The van der Waals surface area contributed by atoms with Crippen LogP contribution in [0.4, 0.5) is 4.79 Å². The minimum absolute atomic E-state index is 0.245. The first-order chi connectivity index (χ1) is 12.7. The Morgan fingerprint density at radius 2 is 2.08 bits per heavy atom. The van der Waals surface area contributed by atoms with Gasteiger partial charge in [0.25, 0.3) is 0 Å². The molecule has 0 spiro atoms. The van der Waals surface area contributed by atoms with Crippen molar-refractivity contribution < 1.29 is 9.53 Å². The molecular weight excluding hydrogens is 386 g/mol. The molecule has 8 heteroatoms. The third-order valence-electron chi connectivity index (χ3n) is 3.84. The van der Waals surface area contributed by atoms with Crippen LogP contribution in [0.2, 0.25) is 0 Å². The number of rotatable bonds is 7. The molecule has 0 aromatic carbocycles. The average molecular weight is 408 g/mol. The third kappa shape index (κ3) is 4.07. The maximum absolute atomic E-state index is 12.1. The summed E-state index contributed by atoms with van der Waals surface area (Å²) in [5.74, 6) is 1.58. The van der Waals surface area contributed by atoms with Crippen molar-refractivity contribution >= 4 is 51.2 Å². The molecule has 0 N–H and O–H groups in total. The van der Waals surface area contributed by atoms with Crippen LogP contribution in [0, 0.1) is 0 Å². The van der Waals surface area contributed by atoms with Crippen molar-refractivity contribution in [3.63, 3.8) is 0 Å². The number of hydrogen-bond donors (Lipinski definition) is 0. The Morgan fingerprint density at radius 1 is 1.31 bits per heavy atom. The summed E-state index contributed by atoms with van der Waals surface area (Å²) >= 11 is 4.92. The Labute approximate surface area is 165 Å². The summed E-state index contributed by atoms with van der Waals surface area (Å²) in [4.78, 5) is 25.5. The van der Waals surface area contributed by atoms with E-state index in [2.05, 4.69) is 13.2 Å². The molecule has 3 rings (SSSR count). The number of amides is 1. The van der Waals surface area contributed by atoms with Crippen LogP contribution in [-0.2, 0) is 17.7 Å². The molecule has 2 aromatic heterocycles. The molecule has 0 bridgehead atoms. The predicted molar refractivity (Wildman–Crippen MR) is 110 cm³/mol. The molecular formula is C18H21N3O2S3. The van der Waals surface area contributed by atoms with E-state index in [1.165, 1.54) is 10.4 Å². The van der Waals surface area contributed by atoms with Gasteiger partial charge in [0, 0.05) is 28.3 Å². The van der Waals surface area contributed by atoms with E-state index in [1.807, 2.05) is 19.1 Å². The summed E-state index contributed by atoms with van der Waals surface area (Å²) in [5.41, 5.74) is 1.28. The maximum Gasteiger partial charge on any atom is 0.410 e. The highest BCUT2D eigenvalue weighted by molar-refractivity contribution is 8.00. The van der Waals surface area contributed by atoms with Gasteiger partial charge in [-0.1, -0.05) is 23.9 Å². The van der Waals surface area contributed by atoms with Gasteiger partial charge in [-0.2, -0.15) is 0 Å². The summed E-state index contributed by atoms with van der Waals surface area (Å²) in [6.07, 6.45) is 4.30. The Balaban J connectivity index is 1.98.